The largest absolute Gasteiger partial charge is 0.478 e. The lowest BCUT2D eigenvalue weighted by Gasteiger charge is -2.12. The molecule has 2 aromatic rings. The maximum Gasteiger partial charge on any atom is 0.337 e. The van der Waals surface area contributed by atoms with E-state index in [2.05, 4.69) is 20.9 Å². The fourth-order valence-corrected chi connectivity index (χ4v) is 2.71. The van der Waals surface area contributed by atoms with Crippen LogP contribution in [-0.4, -0.2) is 16.1 Å². The molecule has 0 aliphatic carbocycles. The predicted octanol–water partition coefficient (Wildman–Crippen LogP) is 4.99. The van der Waals surface area contributed by atoms with Crippen molar-refractivity contribution in [1.82, 2.24) is 4.98 Å². The molecule has 20 heavy (non-hydrogen) atoms. The zero-order valence-electron chi connectivity index (χ0n) is 11.0. The van der Waals surface area contributed by atoms with Gasteiger partial charge in [0.15, 0.2) is 0 Å². The Hall–Kier alpha value is -1.39. The Bertz CT molecular complexity index is 671. The molecule has 0 saturated heterocycles. The van der Waals surface area contributed by atoms with Crippen molar-refractivity contribution in [1.29, 1.82) is 0 Å². The molecule has 1 heterocycles. The Balaban J connectivity index is 2.59. The second kappa shape index (κ2) is 5.94. The smallest absolute Gasteiger partial charge is 0.337 e. The van der Waals surface area contributed by atoms with Gasteiger partial charge in [-0.25, -0.2) is 4.79 Å². The predicted molar refractivity (Wildman–Crippen MR) is 83.4 cm³/mol. The minimum atomic E-state index is -0.963. The molecule has 1 aromatic carbocycles. The molecular weight excluding hydrogens is 342 g/mol. The molecule has 1 aromatic heterocycles. The second-order valence-corrected chi connectivity index (χ2v) is 6.04. The number of aromatic carboxylic acids is 1. The Kier molecular flexibility index (Phi) is 4.45. The Morgan fingerprint density at radius 2 is 2.00 bits per heavy atom. The normalized spacial score (nSPS) is 10.8. The molecule has 0 amide bonds. The number of nitrogens with zero attached hydrogens (tertiary/aromatic N) is 1. The van der Waals surface area contributed by atoms with E-state index < -0.39 is 5.97 Å². The number of carboxylic acids is 1. The zero-order valence-corrected chi connectivity index (χ0v) is 13.4. The third-order valence-electron chi connectivity index (χ3n) is 2.91. The van der Waals surface area contributed by atoms with Crippen molar-refractivity contribution in [3.8, 4) is 11.3 Å². The molecule has 5 heteroatoms. The second-order valence-electron chi connectivity index (χ2n) is 4.71. The molecule has 1 N–H and O–H groups in total. The number of halogens is 2. The lowest BCUT2D eigenvalue weighted by atomic mass is 10.0. The van der Waals surface area contributed by atoms with Crippen LogP contribution in [0, 0.1) is 0 Å². The van der Waals surface area contributed by atoms with Crippen LogP contribution >= 0.6 is 27.5 Å². The maximum atomic E-state index is 11.2. The summed E-state index contributed by atoms with van der Waals surface area (Å²) in [6, 6.07) is 8.80. The lowest BCUT2D eigenvalue weighted by molar-refractivity contribution is 0.0694. The van der Waals surface area contributed by atoms with E-state index in [0.29, 0.717) is 16.4 Å². The van der Waals surface area contributed by atoms with E-state index in [-0.39, 0.29) is 11.5 Å². The van der Waals surface area contributed by atoms with Crippen LogP contribution in [-0.2, 0) is 0 Å². The number of hydrogen-bond donors (Lipinski definition) is 1. The van der Waals surface area contributed by atoms with Crippen LogP contribution in [0.4, 0.5) is 0 Å². The number of aromatic nitrogens is 1. The summed E-state index contributed by atoms with van der Waals surface area (Å²) < 4.78 is 0.887. The Labute approximate surface area is 130 Å². The van der Waals surface area contributed by atoms with Crippen molar-refractivity contribution in [3.63, 3.8) is 0 Å². The average molecular weight is 355 g/mol. The van der Waals surface area contributed by atoms with Gasteiger partial charge in [-0.1, -0.05) is 47.4 Å². The van der Waals surface area contributed by atoms with E-state index >= 15 is 0 Å². The fraction of sp³-hybridized carbons (Fsp3) is 0.200. The SMILES string of the molecule is CC(C)c1nc(-c2ccc(Br)cc2Cl)ccc1C(=O)O. The van der Waals surface area contributed by atoms with Gasteiger partial charge < -0.3 is 5.11 Å². The molecule has 0 fully saturated rings. The highest BCUT2D eigenvalue weighted by molar-refractivity contribution is 9.10. The van der Waals surface area contributed by atoms with Crippen LogP contribution < -0.4 is 0 Å². The molecule has 0 aliphatic heterocycles. The van der Waals surface area contributed by atoms with Crippen LogP contribution in [0.25, 0.3) is 11.3 Å². The van der Waals surface area contributed by atoms with E-state index in [0.717, 1.165) is 10.0 Å². The minimum absolute atomic E-state index is 0.0234. The molecule has 104 valence electrons. The summed E-state index contributed by atoms with van der Waals surface area (Å²) in [5.41, 5.74) is 2.26. The molecule has 0 aliphatic rings. The summed E-state index contributed by atoms with van der Waals surface area (Å²) >= 11 is 9.57. The van der Waals surface area contributed by atoms with E-state index in [1.807, 2.05) is 26.0 Å². The first-order chi connectivity index (χ1) is 9.40. The van der Waals surface area contributed by atoms with Crippen LogP contribution in [0.15, 0.2) is 34.8 Å². The number of rotatable bonds is 3. The van der Waals surface area contributed by atoms with E-state index in [4.69, 9.17) is 11.6 Å². The van der Waals surface area contributed by atoms with E-state index in [1.165, 1.54) is 0 Å². The lowest BCUT2D eigenvalue weighted by Crippen LogP contribution is -2.07. The van der Waals surface area contributed by atoms with Gasteiger partial charge in [0.05, 0.1) is 22.0 Å². The molecule has 0 unspecified atom stereocenters. The van der Waals surface area contributed by atoms with Crippen molar-refractivity contribution in [3.05, 3.63) is 51.1 Å². The Morgan fingerprint density at radius 1 is 1.30 bits per heavy atom. The van der Waals surface area contributed by atoms with Crippen molar-refractivity contribution in [2.45, 2.75) is 19.8 Å². The molecule has 3 nitrogen and oxygen atoms in total. The average Bonchev–Trinajstić information content (AvgIpc) is 2.37. The van der Waals surface area contributed by atoms with Crippen LogP contribution in [0.5, 0.6) is 0 Å². The number of carbonyl (C=O) groups is 1. The Morgan fingerprint density at radius 3 is 2.55 bits per heavy atom. The summed E-state index contributed by atoms with van der Waals surface area (Å²) in [7, 11) is 0. The highest BCUT2D eigenvalue weighted by Crippen LogP contribution is 2.31. The summed E-state index contributed by atoms with van der Waals surface area (Å²) in [5, 5.41) is 9.77. The number of hydrogen-bond acceptors (Lipinski definition) is 2. The highest BCUT2D eigenvalue weighted by atomic mass is 79.9. The molecule has 0 bridgehead atoms. The standard InChI is InChI=1S/C15H13BrClNO2/c1-8(2)14-11(15(19)20)5-6-13(18-14)10-4-3-9(16)7-12(10)17/h3-8H,1-2H3,(H,19,20). The molecule has 0 saturated carbocycles. The van der Waals surface area contributed by atoms with E-state index in [1.54, 1.807) is 18.2 Å². The first kappa shape index (κ1) is 15.0. The van der Waals surface area contributed by atoms with Crippen LogP contribution in [0.1, 0.15) is 35.8 Å². The van der Waals surface area contributed by atoms with Crippen LogP contribution in [0.3, 0.4) is 0 Å². The maximum absolute atomic E-state index is 11.2. The highest BCUT2D eigenvalue weighted by Gasteiger charge is 2.16. The topological polar surface area (TPSA) is 50.2 Å². The first-order valence-electron chi connectivity index (χ1n) is 6.10. The summed E-state index contributed by atoms with van der Waals surface area (Å²) in [5.74, 6) is -0.940. The van der Waals surface area contributed by atoms with Gasteiger partial charge in [0.25, 0.3) is 0 Å². The molecule has 0 spiro atoms. The van der Waals surface area contributed by atoms with Crippen molar-refractivity contribution in [2.24, 2.45) is 0 Å². The van der Waals surface area contributed by atoms with Crippen molar-refractivity contribution < 1.29 is 9.90 Å². The van der Waals surface area contributed by atoms with Crippen molar-refractivity contribution in [2.75, 3.05) is 0 Å². The third-order valence-corrected chi connectivity index (χ3v) is 3.72. The summed E-state index contributed by atoms with van der Waals surface area (Å²) in [6.45, 7) is 3.84. The van der Waals surface area contributed by atoms with Crippen LogP contribution in [0.2, 0.25) is 5.02 Å². The number of benzene rings is 1. The van der Waals surface area contributed by atoms with Gasteiger partial charge in [-0.15, -0.1) is 0 Å². The van der Waals surface area contributed by atoms with Gasteiger partial charge in [-0.05, 0) is 30.2 Å². The summed E-state index contributed by atoms with van der Waals surface area (Å²) in [4.78, 5) is 15.7. The molecule has 0 radical (unpaired) electrons. The molecular formula is C15H13BrClNO2. The fourth-order valence-electron chi connectivity index (χ4n) is 1.94. The van der Waals surface area contributed by atoms with Gasteiger partial charge in [0, 0.05) is 10.0 Å². The minimum Gasteiger partial charge on any atom is -0.478 e. The first-order valence-corrected chi connectivity index (χ1v) is 7.27. The van der Waals surface area contributed by atoms with Gasteiger partial charge in [-0.3, -0.25) is 4.98 Å². The number of pyridine rings is 1. The van der Waals surface area contributed by atoms with Gasteiger partial charge in [-0.2, -0.15) is 0 Å². The molecule has 0 atom stereocenters. The van der Waals surface area contributed by atoms with Crippen molar-refractivity contribution >= 4 is 33.5 Å². The monoisotopic (exact) mass is 353 g/mol. The van der Waals surface area contributed by atoms with Gasteiger partial charge >= 0.3 is 5.97 Å². The summed E-state index contributed by atoms with van der Waals surface area (Å²) in [6.07, 6.45) is 0. The van der Waals surface area contributed by atoms with Gasteiger partial charge in [0.2, 0.25) is 0 Å². The number of carboxylic acid groups (broad SMARTS) is 1. The van der Waals surface area contributed by atoms with E-state index in [9.17, 15) is 9.90 Å². The third kappa shape index (κ3) is 3.02. The molecule has 2 rings (SSSR count). The zero-order chi connectivity index (χ0) is 14.9. The quantitative estimate of drug-likeness (QED) is 0.845. The van der Waals surface area contributed by atoms with Gasteiger partial charge in [0.1, 0.15) is 0 Å².